The lowest BCUT2D eigenvalue weighted by molar-refractivity contribution is 0.0873. The van der Waals surface area contributed by atoms with Gasteiger partial charge in [-0.05, 0) is 0 Å². The Morgan fingerprint density at radius 1 is 1.64 bits per heavy atom. The summed E-state index contributed by atoms with van der Waals surface area (Å²) in [7, 11) is 0. The molecule has 1 fully saturated rings. The van der Waals surface area contributed by atoms with E-state index in [1.54, 1.807) is 0 Å². The Labute approximate surface area is 67.7 Å². The standard InChI is InChI=1S/C8H17NO2/c1-6(2)9-4-8-3-7(10)5-11-8/h6-10H,3-5H2,1-2H3. The lowest BCUT2D eigenvalue weighted by Gasteiger charge is -2.12. The summed E-state index contributed by atoms with van der Waals surface area (Å²) in [5.74, 6) is 0. The fourth-order valence-electron chi connectivity index (χ4n) is 1.20. The van der Waals surface area contributed by atoms with Crippen molar-refractivity contribution in [2.24, 2.45) is 0 Å². The molecule has 2 atom stereocenters. The topological polar surface area (TPSA) is 41.5 Å². The molecule has 1 aliphatic heterocycles. The number of ether oxygens (including phenoxy) is 1. The second kappa shape index (κ2) is 4.04. The van der Waals surface area contributed by atoms with Crippen molar-refractivity contribution in [2.45, 2.75) is 38.5 Å². The maximum Gasteiger partial charge on any atom is 0.0799 e. The summed E-state index contributed by atoms with van der Waals surface area (Å²) in [4.78, 5) is 0. The zero-order valence-electron chi connectivity index (χ0n) is 7.21. The van der Waals surface area contributed by atoms with Crippen LogP contribution in [0.1, 0.15) is 20.3 Å². The Balaban J connectivity index is 2.08. The fourth-order valence-corrected chi connectivity index (χ4v) is 1.20. The van der Waals surface area contributed by atoms with Gasteiger partial charge in [-0.3, -0.25) is 0 Å². The summed E-state index contributed by atoms with van der Waals surface area (Å²) in [5.41, 5.74) is 0. The van der Waals surface area contributed by atoms with E-state index in [2.05, 4.69) is 19.2 Å². The average molecular weight is 159 g/mol. The Morgan fingerprint density at radius 3 is 2.82 bits per heavy atom. The monoisotopic (exact) mass is 159 g/mol. The lowest BCUT2D eigenvalue weighted by atomic mass is 10.2. The van der Waals surface area contributed by atoms with Crippen LogP contribution in [-0.4, -0.2) is 36.5 Å². The van der Waals surface area contributed by atoms with Crippen LogP contribution in [0.15, 0.2) is 0 Å². The Morgan fingerprint density at radius 2 is 2.36 bits per heavy atom. The first-order chi connectivity index (χ1) is 5.18. The van der Waals surface area contributed by atoms with E-state index in [1.807, 2.05) is 0 Å². The molecule has 0 bridgehead atoms. The van der Waals surface area contributed by atoms with Crippen molar-refractivity contribution in [2.75, 3.05) is 13.2 Å². The first kappa shape index (κ1) is 8.97. The molecule has 1 rings (SSSR count). The molecule has 3 heteroatoms. The molecular formula is C8H17NO2. The number of aliphatic hydroxyl groups excluding tert-OH is 1. The molecule has 0 saturated carbocycles. The molecule has 0 spiro atoms. The Hall–Kier alpha value is -0.120. The van der Waals surface area contributed by atoms with Gasteiger partial charge in [-0.1, -0.05) is 13.8 Å². The van der Waals surface area contributed by atoms with Crippen LogP contribution in [-0.2, 0) is 4.74 Å². The van der Waals surface area contributed by atoms with Crippen LogP contribution >= 0.6 is 0 Å². The van der Waals surface area contributed by atoms with Crippen LogP contribution in [0.3, 0.4) is 0 Å². The molecular weight excluding hydrogens is 142 g/mol. The van der Waals surface area contributed by atoms with Crippen molar-refractivity contribution in [1.29, 1.82) is 0 Å². The van der Waals surface area contributed by atoms with Gasteiger partial charge in [-0.25, -0.2) is 0 Å². The zero-order chi connectivity index (χ0) is 8.27. The normalized spacial score (nSPS) is 31.6. The fraction of sp³-hybridized carbons (Fsp3) is 1.00. The van der Waals surface area contributed by atoms with E-state index in [0.717, 1.165) is 13.0 Å². The van der Waals surface area contributed by atoms with Crippen molar-refractivity contribution in [3.8, 4) is 0 Å². The second-order valence-corrected chi connectivity index (χ2v) is 3.41. The van der Waals surface area contributed by atoms with Crippen molar-refractivity contribution in [3.05, 3.63) is 0 Å². The molecule has 11 heavy (non-hydrogen) atoms. The van der Waals surface area contributed by atoms with Gasteiger partial charge >= 0.3 is 0 Å². The van der Waals surface area contributed by atoms with Gasteiger partial charge in [-0.15, -0.1) is 0 Å². The van der Waals surface area contributed by atoms with Crippen LogP contribution in [0, 0.1) is 0 Å². The van der Waals surface area contributed by atoms with Crippen molar-refractivity contribution in [3.63, 3.8) is 0 Å². The highest BCUT2D eigenvalue weighted by atomic mass is 16.5. The molecule has 2 N–H and O–H groups in total. The van der Waals surface area contributed by atoms with Gasteiger partial charge < -0.3 is 15.2 Å². The maximum absolute atomic E-state index is 9.11. The highest BCUT2D eigenvalue weighted by molar-refractivity contribution is 4.74. The minimum atomic E-state index is -0.242. The summed E-state index contributed by atoms with van der Waals surface area (Å²) in [6.45, 7) is 5.57. The van der Waals surface area contributed by atoms with Crippen LogP contribution in [0.5, 0.6) is 0 Å². The molecule has 3 nitrogen and oxygen atoms in total. The SMILES string of the molecule is CC(C)NCC1CC(O)CO1. The lowest BCUT2D eigenvalue weighted by Crippen LogP contribution is -2.31. The molecule has 0 aromatic heterocycles. The summed E-state index contributed by atoms with van der Waals surface area (Å²) in [5, 5.41) is 12.4. The predicted molar refractivity (Wildman–Crippen MR) is 43.5 cm³/mol. The molecule has 2 unspecified atom stereocenters. The van der Waals surface area contributed by atoms with Gasteiger partial charge in [0.05, 0.1) is 18.8 Å². The molecule has 0 aromatic rings. The number of rotatable bonds is 3. The predicted octanol–water partition coefficient (Wildman–Crippen LogP) is 0.134. The van der Waals surface area contributed by atoms with E-state index >= 15 is 0 Å². The van der Waals surface area contributed by atoms with Gasteiger partial charge in [-0.2, -0.15) is 0 Å². The van der Waals surface area contributed by atoms with E-state index in [4.69, 9.17) is 9.84 Å². The number of aliphatic hydroxyl groups is 1. The summed E-state index contributed by atoms with van der Waals surface area (Å²) in [6.07, 6.45) is 0.751. The van der Waals surface area contributed by atoms with E-state index in [1.165, 1.54) is 0 Å². The molecule has 0 aromatic carbocycles. The molecule has 0 radical (unpaired) electrons. The molecule has 0 aliphatic carbocycles. The van der Waals surface area contributed by atoms with Crippen molar-refractivity contribution in [1.82, 2.24) is 5.32 Å². The molecule has 1 aliphatic rings. The number of nitrogens with one attached hydrogen (secondary N) is 1. The third-order valence-corrected chi connectivity index (χ3v) is 1.81. The zero-order valence-corrected chi connectivity index (χ0v) is 7.21. The van der Waals surface area contributed by atoms with Crippen LogP contribution in [0.25, 0.3) is 0 Å². The number of hydrogen-bond acceptors (Lipinski definition) is 3. The van der Waals surface area contributed by atoms with E-state index in [0.29, 0.717) is 12.6 Å². The second-order valence-electron chi connectivity index (χ2n) is 3.41. The first-order valence-electron chi connectivity index (χ1n) is 4.21. The van der Waals surface area contributed by atoms with Gasteiger partial charge in [0.15, 0.2) is 0 Å². The van der Waals surface area contributed by atoms with Gasteiger partial charge in [0.1, 0.15) is 0 Å². The van der Waals surface area contributed by atoms with E-state index in [-0.39, 0.29) is 12.2 Å². The first-order valence-corrected chi connectivity index (χ1v) is 4.21. The minimum Gasteiger partial charge on any atom is -0.391 e. The smallest absolute Gasteiger partial charge is 0.0799 e. The van der Waals surface area contributed by atoms with Crippen LogP contribution in [0.2, 0.25) is 0 Å². The highest BCUT2D eigenvalue weighted by Gasteiger charge is 2.22. The van der Waals surface area contributed by atoms with Crippen LogP contribution in [0.4, 0.5) is 0 Å². The van der Waals surface area contributed by atoms with E-state index in [9.17, 15) is 0 Å². The largest absolute Gasteiger partial charge is 0.391 e. The minimum absolute atomic E-state index is 0.215. The molecule has 1 heterocycles. The highest BCUT2D eigenvalue weighted by Crippen LogP contribution is 2.11. The van der Waals surface area contributed by atoms with Gasteiger partial charge in [0, 0.05) is 19.0 Å². The number of hydrogen-bond donors (Lipinski definition) is 2. The molecule has 1 saturated heterocycles. The Kier molecular flexibility index (Phi) is 3.30. The Bertz CT molecular complexity index is 117. The summed E-state index contributed by atoms with van der Waals surface area (Å²) < 4.78 is 5.30. The third-order valence-electron chi connectivity index (χ3n) is 1.81. The molecule has 0 amide bonds. The van der Waals surface area contributed by atoms with Gasteiger partial charge in [0.2, 0.25) is 0 Å². The summed E-state index contributed by atoms with van der Waals surface area (Å²) in [6, 6.07) is 0.497. The van der Waals surface area contributed by atoms with E-state index < -0.39 is 0 Å². The van der Waals surface area contributed by atoms with Crippen LogP contribution < -0.4 is 5.32 Å². The molecule has 66 valence electrons. The van der Waals surface area contributed by atoms with Gasteiger partial charge in [0.25, 0.3) is 0 Å². The third kappa shape index (κ3) is 3.18. The maximum atomic E-state index is 9.11. The average Bonchev–Trinajstić information content (AvgIpc) is 2.31. The summed E-state index contributed by atoms with van der Waals surface area (Å²) >= 11 is 0. The van der Waals surface area contributed by atoms with Crippen molar-refractivity contribution < 1.29 is 9.84 Å². The van der Waals surface area contributed by atoms with Crippen molar-refractivity contribution >= 4 is 0 Å². The quantitative estimate of drug-likeness (QED) is 0.615.